The number of aromatic nitrogens is 3. The molecule has 2 fully saturated rings. The summed E-state index contributed by atoms with van der Waals surface area (Å²) in [6, 6.07) is 2.97. The van der Waals surface area contributed by atoms with Gasteiger partial charge in [-0.05, 0) is 13.8 Å². The van der Waals surface area contributed by atoms with Crippen LogP contribution in [-0.4, -0.2) is 76.6 Å². The molecular formula is C24H27ClFN7O3S. The third-order valence-electron chi connectivity index (χ3n) is 7.55. The third kappa shape index (κ3) is 3.82. The number of carbonyl (C=O) groups is 1. The molecule has 0 radical (unpaired) electrons. The maximum Gasteiger partial charge on any atom is 0.288 e. The third-order valence-corrected chi connectivity index (χ3v) is 9.97. The van der Waals surface area contributed by atoms with Crippen molar-refractivity contribution in [2.45, 2.75) is 56.6 Å². The number of anilines is 3. The van der Waals surface area contributed by atoms with Gasteiger partial charge in [-0.2, -0.15) is 5.26 Å². The second-order valence-electron chi connectivity index (χ2n) is 10.6. The molecule has 5 rings (SSSR count). The zero-order chi connectivity index (χ0) is 26.9. The Morgan fingerprint density at radius 3 is 2.49 bits per heavy atom. The highest BCUT2D eigenvalue weighted by molar-refractivity contribution is 7.94. The van der Waals surface area contributed by atoms with E-state index in [1.54, 1.807) is 13.0 Å². The van der Waals surface area contributed by atoms with Gasteiger partial charge >= 0.3 is 0 Å². The van der Waals surface area contributed by atoms with E-state index in [2.05, 4.69) is 33.7 Å². The van der Waals surface area contributed by atoms with Crippen LogP contribution in [0.15, 0.2) is 18.6 Å². The zero-order valence-electron chi connectivity index (χ0n) is 20.9. The van der Waals surface area contributed by atoms with Crippen molar-refractivity contribution in [3.05, 3.63) is 34.7 Å². The summed E-state index contributed by atoms with van der Waals surface area (Å²) in [7, 11) is -4.07. The molecule has 10 nitrogen and oxygen atoms in total. The maximum atomic E-state index is 15.1. The summed E-state index contributed by atoms with van der Waals surface area (Å²) >= 11 is 6.27. The van der Waals surface area contributed by atoms with Crippen LogP contribution < -0.4 is 9.80 Å². The first kappa shape index (κ1) is 25.6. The molecule has 1 amide bonds. The van der Waals surface area contributed by atoms with Crippen molar-refractivity contribution < 1.29 is 17.6 Å². The van der Waals surface area contributed by atoms with Crippen molar-refractivity contribution in [2.75, 3.05) is 35.2 Å². The molecular weight excluding hydrogens is 521 g/mol. The summed E-state index contributed by atoms with van der Waals surface area (Å²) in [4.78, 5) is 31.9. The second-order valence-corrected chi connectivity index (χ2v) is 13.3. The Bertz CT molecular complexity index is 1450. The van der Waals surface area contributed by atoms with Crippen molar-refractivity contribution in [1.82, 2.24) is 19.9 Å². The largest absolute Gasteiger partial charge is 0.350 e. The standard InChI is InChI=1S/C24H27ClFN7O3S/c1-14-11-32(22(34)24(26)5-6-37(24,35)36)15(2)10-31(14)20-19-21(30-13-29-20)33(12-23(19,3)4)18-7-17(25)16(8-27)9-28-18/h7,9,13-15H,5-6,10-12H2,1-4H3/t14-,15+,24-/m0/s1. The lowest BCUT2D eigenvalue weighted by atomic mass is 9.87. The summed E-state index contributed by atoms with van der Waals surface area (Å²) in [6.07, 6.45) is 2.61. The molecule has 196 valence electrons. The number of pyridine rings is 1. The highest BCUT2D eigenvalue weighted by Crippen LogP contribution is 2.47. The predicted molar refractivity (Wildman–Crippen MR) is 136 cm³/mol. The summed E-state index contributed by atoms with van der Waals surface area (Å²) < 4.78 is 39.1. The fourth-order valence-corrected chi connectivity index (χ4v) is 6.86. The smallest absolute Gasteiger partial charge is 0.288 e. The van der Waals surface area contributed by atoms with E-state index in [9.17, 15) is 18.5 Å². The second kappa shape index (κ2) is 8.49. The van der Waals surface area contributed by atoms with E-state index in [-0.39, 0.29) is 35.7 Å². The minimum Gasteiger partial charge on any atom is -0.350 e. The first-order chi connectivity index (χ1) is 17.3. The summed E-state index contributed by atoms with van der Waals surface area (Å²) in [5.74, 6) is 0.657. The van der Waals surface area contributed by atoms with Gasteiger partial charge in [0, 0.05) is 61.4 Å². The normalized spacial score (nSPS) is 27.9. The molecule has 0 unspecified atom stereocenters. The minimum atomic E-state index is -4.07. The van der Waals surface area contributed by atoms with E-state index < -0.39 is 26.8 Å². The molecule has 37 heavy (non-hydrogen) atoms. The van der Waals surface area contributed by atoms with Gasteiger partial charge in [-0.25, -0.2) is 27.8 Å². The van der Waals surface area contributed by atoms with Gasteiger partial charge in [0.2, 0.25) is 0 Å². The number of alkyl halides is 1. The topological polar surface area (TPSA) is 123 Å². The number of nitriles is 1. The SMILES string of the molecule is C[C@@H]1CN(c2ncnc3c2C(C)(C)CN3c2cc(Cl)c(C#N)cn2)[C@@H](C)CN1C(=O)[C@]1(F)CCS1(=O)=O. The molecule has 0 N–H and O–H groups in total. The predicted octanol–water partition coefficient (Wildman–Crippen LogP) is 2.74. The highest BCUT2D eigenvalue weighted by Gasteiger charge is 2.61. The lowest BCUT2D eigenvalue weighted by molar-refractivity contribution is -0.142. The zero-order valence-corrected chi connectivity index (χ0v) is 22.5. The molecule has 0 aliphatic carbocycles. The van der Waals surface area contributed by atoms with Gasteiger partial charge in [-0.1, -0.05) is 25.4 Å². The van der Waals surface area contributed by atoms with E-state index >= 15 is 4.39 Å². The molecule has 3 aliphatic heterocycles. The number of halogens is 2. The minimum absolute atomic E-state index is 0.164. The van der Waals surface area contributed by atoms with Crippen molar-refractivity contribution >= 4 is 44.8 Å². The van der Waals surface area contributed by atoms with Gasteiger partial charge in [-0.15, -0.1) is 0 Å². The molecule has 3 aliphatic rings. The quantitative estimate of drug-likeness (QED) is 0.570. The van der Waals surface area contributed by atoms with Gasteiger partial charge < -0.3 is 14.7 Å². The average Bonchev–Trinajstić information content (AvgIpc) is 3.14. The first-order valence-electron chi connectivity index (χ1n) is 12.0. The van der Waals surface area contributed by atoms with Gasteiger partial charge in [0.15, 0.2) is 9.84 Å². The average molecular weight is 548 g/mol. The van der Waals surface area contributed by atoms with Gasteiger partial charge in [-0.3, -0.25) is 4.79 Å². The molecule has 0 saturated carbocycles. The lowest BCUT2D eigenvalue weighted by Crippen LogP contribution is -2.66. The monoisotopic (exact) mass is 547 g/mol. The lowest BCUT2D eigenvalue weighted by Gasteiger charge is -2.47. The van der Waals surface area contributed by atoms with E-state index in [1.807, 2.05) is 17.9 Å². The fraction of sp³-hybridized carbons (Fsp3) is 0.542. The van der Waals surface area contributed by atoms with Crippen LogP contribution in [0.4, 0.5) is 21.8 Å². The van der Waals surface area contributed by atoms with Crippen LogP contribution in [0, 0.1) is 11.3 Å². The number of nitrogens with zero attached hydrogens (tertiary/aromatic N) is 7. The van der Waals surface area contributed by atoms with E-state index in [0.29, 0.717) is 35.6 Å². The Morgan fingerprint density at radius 2 is 1.89 bits per heavy atom. The van der Waals surface area contributed by atoms with Crippen LogP contribution in [0.5, 0.6) is 0 Å². The molecule has 13 heteroatoms. The van der Waals surface area contributed by atoms with Crippen LogP contribution in [0.2, 0.25) is 5.02 Å². The van der Waals surface area contributed by atoms with Gasteiger partial charge in [0.1, 0.15) is 29.9 Å². The number of rotatable bonds is 3. The van der Waals surface area contributed by atoms with Crippen molar-refractivity contribution in [2.24, 2.45) is 0 Å². The number of hydrogen-bond donors (Lipinski definition) is 0. The van der Waals surface area contributed by atoms with Crippen LogP contribution in [0.25, 0.3) is 0 Å². The van der Waals surface area contributed by atoms with Crippen molar-refractivity contribution in [1.29, 1.82) is 5.26 Å². The van der Waals surface area contributed by atoms with E-state index in [4.69, 9.17) is 11.6 Å². The van der Waals surface area contributed by atoms with Crippen LogP contribution in [0.1, 0.15) is 45.2 Å². The summed E-state index contributed by atoms with van der Waals surface area (Å²) in [6.45, 7) is 8.90. The number of sulfone groups is 1. The highest BCUT2D eigenvalue weighted by atomic mass is 35.5. The molecule has 0 spiro atoms. The molecule has 5 heterocycles. The number of piperazine rings is 1. The number of carbonyl (C=O) groups excluding carboxylic acids is 1. The number of fused-ring (bicyclic) bond motifs is 1. The fourth-order valence-electron chi connectivity index (χ4n) is 5.39. The molecule has 0 bridgehead atoms. The number of amides is 1. The van der Waals surface area contributed by atoms with Crippen LogP contribution in [-0.2, 0) is 20.0 Å². The molecule has 0 aromatic carbocycles. The molecule has 2 aromatic rings. The van der Waals surface area contributed by atoms with Gasteiger partial charge in [0.25, 0.3) is 10.9 Å². The van der Waals surface area contributed by atoms with Crippen LogP contribution >= 0.6 is 11.6 Å². The van der Waals surface area contributed by atoms with Crippen molar-refractivity contribution in [3.63, 3.8) is 0 Å². The van der Waals surface area contributed by atoms with Gasteiger partial charge in [0.05, 0.1) is 16.3 Å². The van der Waals surface area contributed by atoms with Crippen LogP contribution in [0.3, 0.4) is 0 Å². The Hall–Kier alpha value is -3.04. The summed E-state index contributed by atoms with van der Waals surface area (Å²) in [5.41, 5.74) is 0.805. The Balaban J connectivity index is 1.47. The Kier molecular flexibility index (Phi) is 5.88. The Labute approximate surface area is 220 Å². The first-order valence-corrected chi connectivity index (χ1v) is 14.0. The van der Waals surface area contributed by atoms with Crippen molar-refractivity contribution in [3.8, 4) is 6.07 Å². The maximum absolute atomic E-state index is 15.1. The van der Waals surface area contributed by atoms with E-state index in [0.717, 1.165) is 5.56 Å². The number of hydrogen-bond acceptors (Lipinski definition) is 9. The molecule has 2 aromatic heterocycles. The summed E-state index contributed by atoms with van der Waals surface area (Å²) in [5, 5.41) is 6.67. The molecule has 3 atom stereocenters. The molecule has 2 saturated heterocycles. The van der Waals surface area contributed by atoms with E-state index in [1.165, 1.54) is 17.4 Å². The Morgan fingerprint density at radius 1 is 1.19 bits per heavy atom.